The van der Waals surface area contributed by atoms with Gasteiger partial charge in [0.05, 0.1) is 5.75 Å². The number of hydrogen-bond acceptors (Lipinski definition) is 3. The zero-order valence-corrected chi connectivity index (χ0v) is 16.2. The first-order valence-electron chi connectivity index (χ1n) is 8.09. The maximum atomic E-state index is 12.4. The molecule has 0 bridgehead atoms. The van der Waals surface area contributed by atoms with Crippen molar-refractivity contribution in [2.75, 3.05) is 25.9 Å². The van der Waals surface area contributed by atoms with Crippen LogP contribution in [0.25, 0.3) is 0 Å². The highest BCUT2D eigenvalue weighted by molar-refractivity contribution is 8.00. The van der Waals surface area contributed by atoms with E-state index in [0.717, 1.165) is 25.9 Å². The molecule has 0 radical (unpaired) electrons. The Labute approximate surface area is 151 Å². The number of carbonyl (C=O) groups excluding carboxylic acids is 1. The Morgan fingerprint density at radius 2 is 1.96 bits per heavy atom. The minimum absolute atomic E-state index is 0. The molecule has 5 heteroatoms. The smallest absolute Gasteiger partial charge is 0.233 e. The van der Waals surface area contributed by atoms with Crippen molar-refractivity contribution in [2.24, 2.45) is 0 Å². The molecule has 1 atom stereocenters. The van der Waals surface area contributed by atoms with Gasteiger partial charge in [0.1, 0.15) is 0 Å². The van der Waals surface area contributed by atoms with E-state index in [-0.39, 0.29) is 23.7 Å². The van der Waals surface area contributed by atoms with Crippen LogP contribution in [0.15, 0.2) is 29.2 Å². The summed E-state index contributed by atoms with van der Waals surface area (Å²) in [4.78, 5) is 15.6. The molecule has 0 spiro atoms. The van der Waals surface area contributed by atoms with E-state index in [9.17, 15) is 4.79 Å². The van der Waals surface area contributed by atoms with Gasteiger partial charge in [-0.05, 0) is 43.0 Å². The van der Waals surface area contributed by atoms with Crippen molar-refractivity contribution in [1.82, 2.24) is 10.2 Å². The molecule has 23 heavy (non-hydrogen) atoms. The third-order valence-electron chi connectivity index (χ3n) is 4.22. The number of nitrogens with one attached hydrogen (secondary N) is 1. The second kappa shape index (κ2) is 8.95. The molecule has 1 fully saturated rings. The zero-order chi connectivity index (χ0) is 16.2. The number of likely N-dealkylation sites (N-methyl/N-ethyl adjacent to an activating group) is 1. The molecule has 1 N–H and O–H groups in total. The highest BCUT2D eigenvalue weighted by Gasteiger charge is 2.27. The average Bonchev–Trinajstić information content (AvgIpc) is 2.93. The Morgan fingerprint density at radius 1 is 1.30 bits per heavy atom. The summed E-state index contributed by atoms with van der Waals surface area (Å²) in [5, 5.41) is 3.19. The number of amides is 1. The summed E-state index contributed by atoms with van der Waals surface area (Å²) in [6.45, 7) is 8.46. The van der Waals surface area contributed by atoms with E-state index >= 15 is 0 Å². The van der Waals surface area contributed by atoms with Gasteiger partial charge in [-0.25, -0.2) is 0 Å². The van der Waals surface area contributed by atoms with Crippen LogP contribution in [0.1, 0.15) is 39.2 Å². The minimum atomic E-state index is 0. The van der Waals surface area contributed by atoms with Crippen molar-refractivity contribution in [3.8, 4) is 0 Å². The van der Waals surface area contributed by atoms with Gasteiger partial charge in [-0.3, -0.25) is 4.79 Å². The Hall–Kier alpha value is -0.710. The highest BCUT2D eigenvalue weighted by Crippen LogP contribution is 2.26. The number of thioether (sulfide) groups is 1. The Morgan fingerprint density at radius 3 is 2.52 bits per heavy atom. The quantitative estimate of drug-likeness (QED) is 0.816. The van der Waals surface area contributed by atoms with Gasteiger partial charge in [0.15, 0.2) is 0 Å². The molecule has 0 aromatic heterocycles. The number of halogens is 1. The molecule has 1 unspecified atom stereocenters. The lowest BCUT2D eigenvalue weighted by Gasteiger charge is -2.24. The topological polar surface area (TPSA) is 32.3 Å². The van der Waals surface area contributed by atoms with Crippen LogP contribution in [0.3, 0.4) is 0 Å². The molecule has 1 aromatic rings. The molecule has 1 saturated heterocycles. The summed E-state index contributed by atoms with van der Waals surface area (Å²) < 4.78 is 0. The van der Waals surface area contributed by atoms with Crippen LogP contribution >= 0.6 is 24.2 Å². The summed E-state index contributed by atoms with van der Waals surface area (Å²) in [5.74, 6) is 0.803. The highest BCUT2D eigenvalue weighted by atomic mass is 35.5. The Kier molecular flexibility index (Phi) is 7.91. The molecule has 0 saturated carbocycles. The first kappa shape index (κ1) is 20.3. The van der Waals surface area contributed by atoms with Crippen LogP contribution < -0.4 is 5.32 Å². The van der Waals surface area contributed by atoms with E-state index in [1.807, 2.05) is 11.9 Å². The molecule has 1 amide bonds. The monoisotopic (exact) mass is 356 g/mol. The zero-order valence-electron chi connectivity index (χ0n) is 14.6. The predicted molar refractivity (Wildman–Crippen MR) is 102 cm³/mol. The lowest BCUT2D eigenvalue weighted by atomic mass is 9.87. The van der Waals surface area contributed by atoms with Crippen LogP contribution in [0.2, 0.25) is 0 Å². The fourth-order valence-corrected chi connectivity index (χ4v) is 3.68. The molecule has 1 aliphatic rings. The Bertz CT molecular complexity index is 499. The molecule has 3 nitrogen and oxygen atoms in total. The van der Waals surface area contributed by atoms with Crippen LogP contribution in [0.5, 0.6) is 0 Å². The SMILES string of the molecule is CNCC1CCCN1C(=O)CSc1ccc(C(C)(C)C)cc1.Cl. The van der Waals surface area contributed by atoms with Crippen molar-refractivity contribution in [3.05, 3.63) is 29.8 Å². The van der Waals surface area contributed by atoms with E-state index < -0.39 is 0 Å². The third-order valence-corrected chi connectivity index (χ3v) is 5.22. The lowest BCUT2D eigenvalue weighted by molar-refractivity contribution is -0.129. The normalized spacial score (nSPS) is 17.9. The predicted octanol–water partition coefficient (Wildman–Crippen LogP) is 3.71. The second-order valence-electron chi connectivity index (χ2n) is 7.00. The molecular formula is C18H29ClN2OS. The number of benzene rings is 1. The molecule has 1 aliphatic heterocycles. The first-order chi connectivity index (χ1) is 10.4. The summed E-state index contributed by atoms with van der Waals surface area (Å²) in [5.41, 5.74) is 1.51. The summed E-state index contributed by atoms with van der Waals surface area (Å²) >= 11 is 1.64. The van der Waals surface area contributed by atoms with Crippen LogP contribution in [0.4, 0.5) is 0 Å². The molecule has 1 aromatic carbocycles. The summed E-state index contributed by atoms with van der Waals surface area (Å²) in [7, 11) is 1.95. The number of nitrogens with zero attached hydrogens (tertiary/aromatic N) is 1. The van der Waals surface area contributed by atoms with E-state index in [0.29, 0.717) is 11.8 Å². The third kappa shape index (κ3) is 5.70. The van der Waals surface area contributed by atoms with E-state index in [4.69, 9.17) is 0 Å². The van der Waals surface area contributed by atoms with Gasteiger partial charge < -0.3 is 10.2 Å². The summed E-state index contributed by atoms with van der Waals surface area (Å²) in [6, 6.07) is 8.99. The number of likely N-dealkylation sites (tertiary alicyclic amines) is 1. The Balaban J connectivity index is 0.00000264. The van der Waals surface area contributed by atoms with Crippen molar-refractivity contribution in [1.29, 1.82) is 0 Å². The maximum Gasteiger partial charge on any atom is 0.233 e. The number of carbonyl (C=O) groups is 1. The summed E-state index contributed by atoms with van der Waals surface area (Å²) in [6.07, 6.45) is 2.25. The second-order valence-corrected chi connectivity index (χ2v) is 8.05. The number of hydrogen-bond donors (Lipinski definition) is 1. The lowest BCUT2D eigenvalue weighted by Crippen LogP contribution is -2.41. The van der Waals surface area contributed by atoms with Crippen LogP contribution in [-0.4, -0.2) is 42.7 Å². The largest absolute Gasteiger partial charge is 0.338 e. The number of rotatable bonds is 5. The molecular weight excluding hydrogens is 328 g/mol. The average molecular weight is 357 g/mol. The minimum Gasteiger partial charge on any atom is -0.338 e. The van der Waals surface area contributed by atoms with Crippen LogP contribution in [-0.2, 0) is 10.2 Å². The van der Waals surface area contributed by atoms with Crippen molar-refractivity contribution >= 4 is 30.1 Å². The van der Waals surface area contributed by atoms with E-state index in [1.54, 1.807) is 11.8 Å². The van der Waals surface area contributed by atoms with Gasteiger partial charge in [-0.2, -0.15) is 0 Å². The van der Waals surface area contributed by atoms with Gasteiger partial charge >= 0.3 is 0 Å². The molecule has 2 rings (SSSR count). The van der Waals surface area contributed by atoms with E-state index in [2.05, 4.69) is 50.4 Å². The van der Waals surface area contributed by atoms with Gasteiger partial charge in [-0.1, -0.05) is 32.9 Å². The van der Waals surface area contributed by atoms with Crippen LogP contribution in [0, 0.1) is 0 Å². The first-order valence-corrected chi connectivity index (χ1v) is 9.08. The fraction of sp³-hybridized carbons (Fsp3) is 0.611. The van der Waals surface area contributed by atoms with Crippen molar-refractivity contribution in [3.63, 3.8) is 0 Å². The standard InChI is InChI=1S/C18H28N2OS.ClH/c1-18(2,3)14-7-9-16(10-8-14)22-13-17(21)20-11-5-6-15(20)12-19-4;/h7-10,15,19H,5-6,11-13H2,1-4H3;1H. The van der Waals surface area contributed by atoms with Gasteiger partial charge in [0.25, 0.3) is 0 Å². The van der Waals surface area contributed by atoms with Gasteiger partial charge in [0, 0.05) is 24.0 Å². The van der Waals surface area contributed by atoms with Gasteiger partial charge in [-0.15, -0.1) is 24.2 Å². The van der Waals surface area contributed by atoms with E-state index in [1.165, 1.54) is 10.5 Å². The molecule has 1 heterocycles. The van der Waals surface area contributed by atoms with Gasteiger partial charge in [0.2, 0.25) is 5.91 Å². The van der Waals surface area contributed by atoms with Crippen molar-refractivity contribution < 1.29 is 4.79 Å². The maximum absolute atomic E-state index is 12.4. The molecule has 0 aliphatic carbocycles. The van der Waals surface area contributed by atoms with Crippen molar-refractivity contribution in [2.45, 2.75) is 50.0 Å². The molecule has 130 valence electrons. The fourth-order valence-electron chi connectivity index (χ4n) is 2.89.